The minimum Gasteiger partial charge on any atom is -0.370 e. The molecule has 0 saturated carbocycles. The number of piperidine rings is 1. The van der Waals surface area contributed by atoms with Crippen LogP contribution in [0.3, 0.4) is 0 Å². The monoisotopic (exact) mass is 408 g/mol. The molecular weight excluding hydrogens is 380 g/mol. The summed E-state index contributed by atoms with van der Waals surface area (Å²) in [5.41, 5.74) is 2.86. The van der Waals surface area contributed by atoms with Gasteiger partial charge in [0.15, 0.2) is 5.13 Å². The molecule has 1 aromatic heterocycles. The molecular formula is C23H28N4OS. The van der Waals surface area contributed by atoms with E-state index in [9.17, 15) is 4.79 Å². The number of carbonyl (C=O) groups excluding carboxylic acids is 1. The standard InChI is InChI=1S/C23H28N4OS/c1-2-26(19-9-5-3-6-10-19)16-13-24-22(28)18-11-12-20-21(17-18)29-23(25-20)27-14-7-4-8-15-27/h3,5-6,9-12,17H,2,4,7-8,13-16H2,1H3,(H,24,28). The molecule has 0 unspecified atom stereocenters. The first-order valence-electron chi connectivity index (χ1n) is 10.5. The maximum absolute atomic E-state index is 12.6. The van der Waals surface area contributed by atoms with Crippen LogP contribution in [-0.4, -0.2) is 43.6 Å². The summed E-state index contributed by atoms with van der Waals surface area (Å²) in [6.45, 7) is 6.61. The van der Waals surface area contributed by atoms with Crippen LogP contribution in [0.2, 0.25) is 0 Å². The Balaban J connectivity index is 1.38. The summed E-state index contributed by atoms with van der Waals surface area (Å²) in [6.07, 6.45) is 3.79. The molecule has 3 aromatic rings. The third kappa shape index (κ3) is 4.70. The number of likely N-dealkylation sites (N-methyl/N-ethyl adjacent to an activating group) is 1. The Bertz CT molecular complexity index is 950. The Morgan fingerprint density at radius 2 is 1.93 bits per heavy atom. The minimum absolute atomic E-state index is 0.0241. The van der Waals surface area contributed by atoms with Crippen LogP contribution in [0.25, 0.3) is 10.2 Å². The molecule has 2 heterocycles. The number of amides is 1. The molecule has 1 N–H and O–H groups in total. The molecule has 2 aromatic carbocycles. The van der Waals surface area contributed by atoms with Crippen molar-refractivity contribution in [2.45, 2.75) is 26.2 Å². The van der Waals surface area contributed by atoms with Crippen LogP contribution in [0.15, 0.2) is 48.5 Å². The van der Waals surface area contributed by atoms with E-state index in [1.165, 1.54) is 24.9 Å². The van der Waals surface area contributed by atoms with Crippen LogP contribution in [0.4, 0.5) is 10.8 Å². The van der Waals surface area contributed by atoms with Crippen molar-refractivity contribution in [3.8, 4) is 0 Å². The fraction of sp³-hybridized carbons (Fsp3) is 0.391. The molecule has 1 aliphatic rings. The van der Waals surface area contributed by atoms with Gasteiger partial charge in [-0.2, -0.15) is 0 Å². The smallest absolute Gasteiger partial charge is 0.251 e. The van der Waals surface area contributed by atoms with E-state index >= 15 is 0 Å². The first kappa shape index (κ1) is 19.7. The van der Waals surface area contributed by atoms with Crippen molar-refractivity contribution in [1.82, 2.24) is 10.3 Å². The van der Waals surface area contributed by atoms with Crippen molar-refractivity contribution in [3.63, 3.8) is 0 Å². The average Bonchev–Trinajstić information content (AvgIpc) is 3.21. The maximum atomic E-state index is 12.6. The number of nitrogens with one attached hydrogen (secondary N) is 1. The Kier molecular flexibility index (Phi) is 6.30. The molecule has 0 bridgehead atoms. The quantitative estimate of drug-likeness (QED) is 0.623. The number of aromatic nitrogens is 1. The Morgan fingerprint density at radius 3 is 2.69 bits per heavy atom. The highest BCUT2D eigenvalue weighted by molar-refractivity contribution is 7.22. The largest absolute Gasteiger partial charge is 0.370 e. The second kappa shape index (κ2) is 9.27. The SMILES string of the molecule is CCN(CCNC(=O)c1ccc2nc(N3CCCCC3)sc2c1)c1ccccc1. The highest BCUT2D eigenvalue weighted by atomic mass is 32.1. The number of hydrogen-bond acceptors (Lipinski definition) is 5. The number of nitrogens with zero attached hydrogens (tertiary/aromatic N) is 3. The molecule has 29 heavy (non-hydrogen) atoms. The second-order valence-corrected chi connectivity index (χ2v) is 8.41. The topological polar surface area (TPSA) is 48.5 Å². The Morgan fingerprint density at radius 1 is 1.14 bits per heavy atom. The Labute approximate surface area is 176 Å². The van der Waals surface area contributed by atoms with E-state index in [-0.39, 0.29) is 5.91 Å². The third-order valence-corrected chi connectivity index (χ3v) is 6.52. The molecule has 1 saturated heterocycles. The van der Waals surface area contributed by atoms with Gasteiger partial charge in [-0.05, 0) is 56.5 Å². The van der Waals surface area contributed by atoms with Crippen molar-refractivity contribution >= 4 is 38.3 Å². The molecule has 1 amide bonds. The molecule has 1 fully saturated rings. The summed E-state index contributed by atoms with van der Waals surface area (Å²) in [7, 11) is 0. The lowest BCUT2D eigenvalue weighted by Crippen LogP contribution is -2.34. The van der Waals surface area contributed by atoms with Crippen LogP contribution in [0, 0.1) is 0 Å². The summed E-state index contributed by atoms with van der Waals surface area (Å²) in [6, 6.07) is 16.1. The van der Waals surface area contributed by atoms with Crippen LogP contribution >= 0.6 is 11.3 Å². The number of fused-ring (bicyclic) bond motifs is 1. The van der Waals surface area contributed by atoms with Crippen LogP contribution in [0.1, 0.15) is 36.5 Å². The lowest BCUT2D eigenvalue weighted by atomic mass is 10.1. The van der Waals surface area contributed by atoms with E-state index in [1.54, 1.807) is 11.3 Å². The highest BCUT2D eigenvalue weighted by Gasteiger charge is 2.16. The number of thiazole rings is 1. The van der Waals surface area contributed by atoms with Crippen molar-refractivity contribution in [2.24, 2.45) is 0 Å². The lowest BCUT2D eigenvalue weighted by molar-refractivity contribution is 0.0955. The van der Waals surface area contributed by atoms with Crippen molar-refractivity contribution in [2.75, 3.05) is 42.5 Å². The first-order chi connectivity index (χ1) is 14.2. The van der Waals surface area contributed by atoms with Crippen LogP contribution < -0.4 is 15.1 Å². The van der Waals surface area contributed by atoms with E-state index in [1.807, 2.05) is 36.4 Å². The van der Waals surface area contributed by atoms with Gasteiger partial charge in [-0.15, -0.1) is 0 Å². The normalized spacial score (nSPS) is 14.2. The predicted molar refractivity (Wildman–Crippen MR) is 122 cm³/mol. The molecule has 0 radical (unpaired) electrons. The average molecular weight is 409 g/mol. The molecule has 4 rings (SSSR count). The number of carbonyl (C=O) groups is 1. The van der Waals surface area contributed by atoms with Gasteiger partial charge >= 0.3 is 0 Å². The van der Waals surface area contributed by atoms with E-state index < -0.39 is 0 Å². The zero-order valence-electron chi connectivity index (χ0n) is 16.9. The van der Waals surface area contributed by atoms with Gasteiger partial charge in [0.1, 0.15) is 0 Å². The highest BCUT2D eigenvalue weighted by Crippen LogP contribution is 2.31. The summed E-state index contributed by atoms with van der Waals surface area (Å²) in [5.74, 6) is -0.0241. The number of benzene rings is 2. The third-order valence-electron chi connectivity index (χ3n) is 5.44. The molecule has 0 atom stereocenters. The molecule has 0 aliphatic carbocycles. The zero-order valence-corrected chi connectivity index (χ0v) is 17.8. The summed E-state index contributed by atoms with van der Waals surface area (Å²) >= 11 is 1.69. The van der Waals surface area contributed by atoms with E-state index in [4.69, 9.17) is 4.98 Å². The van der Waals surface area contributed by atoms with Gasteiger partial charge < -0.3 is 15.1 Å². The minimum atomic E-state index is -0.0241. The molecule has 1 aliphatic heterocycles. The van der Waals surface area contributed by atoms with Gasteiger partial charge in [-0.1, -0.05) is 29.5 Å². The van der Waals surface area contributed by atoms with Gasteiger partial charge in [0.25, 0.3) is 5.91 Å². The Hall–Kier alpha value is -2.60. The maximum Gasteiger partial charge on any atom is 0.251 e. The van der Waals surface area contributed by atoms with Gasteiger partial charge in [0.2, 0.25) is 0 Å². The molecule has 5 nitrogen and oxygen atoms in total. The van der Waals surface area contributed by atoms with Gasteiger partial charge in [-0.3, -0.25) is 4.79 Å². The summed E-state index contributed by atoms with van der Waals surface area (Å²) in [4.78, 5) is 22.1. The second-order valence-electron chi connectivity index (χ2n) is 7.40. The van der Waals surface area contributed by atoms with Gasteiger partial charge in [0.05, 0.1) is 10.2 Å². The van der Waals surface area contributed by atoms with Crippen molar-refractivity contribution < 1.29 is 4.79 Å². The molecule has 152 valence electrons. The first-order valence-corrected chi connectivity index (χ1v) is 11.3. The predicted octanol–water partition coefficient (Wildman–Crippen LogP) is 4.54. The van der Waals surface area contributed by atoms with Crippen molar-refractivity contribution in [3.05, 3.63) is 54.1 Å². The summed E-state index contributed by atoms with van der Waals surface area (Å²) in [5, 5.41) is 4.14. The summed E-state index contributed by atoms with van der Waals surface area (Å²) < 4.78 is 1.08. The fourth-order valence-corrected chi connectivity index (χ4v) is 4.85. The number of anilines is 2. The van der Waals surface area contributed by atoms with Crippen LogP contribution in [0.5, 0.6) is 0 Å². The van der Waals surface area contributed by atoms with Crippen molar-refractivity contribution in [1.29, 1.82) is 0 Å². The van der Waals surface area contributed by atoms with E-state index in [2.05, 4.69) is 34.2 Å². The number of hydrogen-bond donors (Lipinski definition) is 1. The fourth-order valence-electron chi connectivity index (χ4n) is 3.79. The van der Waals surface area contributed by atoms with Crippen LogP contribution in [-0.2, 0) is 0 Å². The van der Waals surface area contributed by atoms with Gasteiger partial charge in [-0.25, -0.2) is 4.98 Å². The van der Waals surface area contributed by atoms with E-state index in [0.717, 1.165) is 41.5 Å². The van der Waals surface area contributed by atoms with E-state index in [0.29, 0.717) is 12.1 Å². The number of para-hydroxylation sites is 1. The van der Waals surface area contributed by atoms with Gasteiger partial charge in [0, 0.05) is 44.0 Å². The molecule has 0 spiro atoms. The zero-order chi connectivity index (χ0) is 20.1. The molecule has 6 heteroatoms. The number of rotatable bonds is 7. The lowest BCUT2D eigenvalue weighted by Gasteiger charge is -2.25.